The van der Waals surface area contributed by atoms with Gasteiger partial charge in [-0.05, 0) is 29.8 Å². The second-order valence-corrected chi connectivity index (χ2v) is 7.26. The van der Waals surface area contributed by atoms with Crippen LogP contribution in [-0.4, -0.2) is 21.8 Å². The molecule has 7 heteroatoms. The third kappa shape index (κ3) is 3.39. The zero-order valence-corrected chi connectivity index (χ0v) is 16.4. The van der Waals surface area contributed by atoms with E-state index in [1.165, 1.54) is 17.2 Å². The summed E-state index contributed by atoms with van der Waals surface area (Å²) in [5.74, 6) is -1.84. The number of carbonyl (C=O) groups excluding carboxylic acids is 2. The van der Waals surface area contributed by atoms with E-state index in [-0.39, 0.29) is 16.4 Å². The molecule has 29 heavy (non-hydrogen) atoms. The van der Waals surface area contributed by atoms with Gasteiger partial charge < -0.3 is 5.11 Å². The summed E-state index contributed by atoms with van der Waals surface area (Å²) in [5.41, 5.74) is 1.26. The minimum atomic E-state index is -0.927. The van der Waals surface area contributed by atoms with Gasteiger partial charge in [-0.2, -0.15) is 0 Å². The first kappa shape index (κ1) is 19.2. The van der Waals surface area contributed by atoms with Crippen LogP contribution in [0.25, 0.3) is 5.76 Å². The smallest absolute Gasteiger partial charge is 0.300 e. The van der Waals surface area contributed by atoms with Gasteiger partial charge in [-0.1, -0.05) is 59.6 Å². The summed E-state index contributed by atoms with van der Waals surface area (Å²) < 4.78 is 0. The highest BCUT2D eigenvalue weighted by molar-refractivity contribution is 6.52. The molecule has 0 radical (unpaired) electrons. The van der Waals surface area contributed by atoms with Crippen molar-refractivity contribution in [2.24, 2.45) is 0 Å². The molecule has 5 nitrogen and oxygen atoms in total. The standard InChI is InChI=1S/C22H14Cl2N2O3/c23-14-8-9-16(17(24)11-14)19-18(20(27)13-5-2-1-3-6-13)21(28)22(29)26(19)15-7-4-10-25-12-15/h1-12,19,27H. The molecular formula is C22H14Cl2N2O3. The number of nitrogens with zero attached hydrogens (tertiary/aromatic N) is 2. The van der Waals surface area contributed by atoms with Crippen LogP contribution in [0.15, 0.2) is 78.6 Å². The largest absolute Gasteiger partial charge is 0.507 e. The van der Waals surface area contributed by atoms with E-state index in [1.807, 2.05) is 0 Å². The van der Waals surface area contributed by atoms with Crippen LogP contribution in [0.1, 0.15) is 17.2 Å². The van der Waals surface area contributed by atoms with E-state index < -0.39 is 17.7 Å². The summed E-state index contributed by atoms with van der Waals surface area (Å²) in [6.45, 7) is 0. The number of aliphatic hydroxyl groups is 1. The number of pyridine rings is 1. The van der Waals surface area contributed by atoms with Crippen LogP contribution in [0.4, 0.5) is 5.69 Å². The van der Waals surface area contributed by atoms with E-state index in [0.29, 0.717) is 21.8 Å². The minimum absolute atomic E-state index is 0.0470. The summed E-state index contributed by atoms with van der Waals surface area (Å²) in [6.07, 6.45) is 3.04. The molecule has 144 valence electrons. The maximum Gasteiger partial charge on any atom is 0.300 e. The zero-order chi connectivity index (χ0) is 20.5. The van der Waals surface area contributed by atoms with E-state index in [9.17, 15) is 14.7 Å². The Balaban J connectivity index is 1.99. The van der Waals surface area contributed by atoms with E-state index >= 15 is 0 Å². The van der Waals surface area contributed by atoms with Gasteiger partial charge in [0.05, 0.1) is 23.5 Å². The predicted octanol–water partition coefficient (Wildman–Crippen LogP) is 5.01. The third-order valence-electron chi connectivity index (χ3n) is 4.67. The topological polar surface area (TPSA) is 70.5 Å². The molecule has 4 rings (SSSR count). The molecule has 3 aromatic rings. The van der Waals surface area contributed by atoms with Crippen molar-refractivity contribution in [2.75, 3.05) is 4.90 Å². The Hall–Kier alpha value is -3.15. The van der Waals surface area contributed by atoms with Gasteiger partial charge in [-0.15, -0.1) is 0 Å². The fourth-order valence-electron chi connectivity index (χ4n) is 3.36. The SMILES string of the molecule is O=C1C(=O)N(c2cccnc2)C(c2ccc(Cl)cc2Cl)C1=C(O)c1ccccc1. The van der Waals surface area contributed by atoms with Crippen LogP contribution in [0.3, 0.4) is 0 Å². The van der Waals surface area contributed by atoms with Crippen molar-refractivity contribution < 1.29 is 14.7 Å². The zero-order valence-electron chi connectivity index (χ0n) is 14.9. The molecule has 0 spiro atoms. The molecule has 2 aromatic carbocycles. The Labute approximate surface area is 176 Å². The number of aliphatic hydroxyl groups excluding tert-OH is 1. The highest BCUT2D eigenvalue weighted by Crippen LogP contribution is 2.44. The van der Waals surface area contributed by atoms with Crippen LogP contribution >= 0.6 is 23.2 Å². The highest BCUT2D eigenvalue weighted by Gasteiger charge is 2.47. The highest BCUT2D eigenvalue weighted by atomic mass is 35.5. The molecular weight excluding hydrogens is 411 g/mol. The predicted molar refractivity (Wildman–Crippen MR) is 112 cm³/mol. The average molecular weight is 425 g/mol. The Morgan fingerprint density at radius 1 is 1.00 bits per heavy atom. The number of ketones is 1. The lowest BCUT2D eigenvalue weighted by Gasteiger charge is -2.25. The van der Waals surface area contributed by atoms with Gasteiger partial charge in [-0.3, -0.25) is 19.5 Å². The van der Waals surface area contributed by atoms with Crippen LogP contribution in [0.2, 0.25) is 10.0 Å². The number of carbonyl (C=O) groups is 2. The molecule has 0 bridgehead atoms. The van der Waals surface area contributed by atoms with Crippen molar-refractivity contribution >= 4 is 46.3 Å². The number of aromatic nitrogens is 1. The lowest BCUT2D eigenvalue weighted by atomic mass is 9.95. The Morgan fingerprint density at radius 3 is 2.41 bits per heavy atom. The Kier molecular flexibility index (Phi) is 5.09. The monoisotopic (exact) mass is 424 g/mol. The summed E-state index contributed by atoms with van der Waals surface area (Å²) in [6, 6.07) is 15.8. The third-order valence-corrected chi connectivity index (χ3v) is 5.24. The number of hydrogen-bond donors (Lipinski definition) is 1. The van der Waals surface area contributed by atoms with Gasteiger partial charge >= 0.3 is 0 Å². The van der Waals surface area contributed by atoms with Crippen LogP contribution in [0.5, 0.6) is 0 Å². The fourth-order valence-corrected chi connectivity index (χ4v) is 3.88. The molecule has 2 heterocycles. The Morgan fingerprint density at radius 2 is 1.76 bits per heavy atom. The normalized spacial score (nSPS) is 18.3. The molecule has 1 aliphatic heterocycles. The number of Topliss-reactive ketones (excluding diaryl/α,β-unsaturated/α-hetero) is 1. The van der Waals surface area contributed by atoms with Crippen molar-refractivity contribution in [3.8, 4) is 0 Å². The first-order chi connectivity index (χ1) is 14.0. The second kappa shape index (κ2) is 7.70. The van der Waals surface area contributed by atoms with Gasteiger partial charge in [0.25, 0.3) is 11.7 Å². The summed E-state index contributed by atoms with van der Waals surface area (Å²) in [4.78, 5) is 31.2. The lowest BCUT2D eigenvalue weighted by molar-refractivity contribution is -0.132. The first-order valence-electron chi connectivity index (χ1n) is 8.70. The number of benzene rings is 2. The number of anilines is 1. The second-order valence-electron chi connectivity index (χ2n) is 6.41. The molecule has 1 unspecified atom stereocenters. The molecule has 1 saturated heterocycles. The van der Waals surface area contributed by atoms with Crippen molar-refractivity contribution in [1.82, 2.24) is 4.98 Å². The number of rotatable bonds is 3. The van der Waals surface area contributed by atoms with Crippen LogP contribution < -0.4 is 4.90 Å². The number of halogens is 2. The maximum absolute atomic E-state index is 13.0. The summed E-state index contributed by atoms with van der Waals surface area (Å²) >= 11 is 12.4. The molecule has 1 fully saturated rings. The van der Waals surface area contributed by atoms with E-state index in [4.69, 9.17) is 23.2 Å². The molecule has 0 saturated carbocycles. The Bertz CT molecular complexity index is 1130. The molecule has 1 aromatic heterocycles. The van der Waals surface area contributed by atoms with E-state index in [1.54, 1.807) is 60.8 Å². The molecule has 0 aliphatic carbocycles. The minimum Gasteiger partial charge on any atom is -0.507 e. The first-order valence-corrected chi connectivity index (χ1v) is 9.46. The van der Waals surface area contributed by atoms with Gasteiger partial charge in [0, 0.05) is 21.8 Å². The van der Waals surface area contributed by atoms with E-state index in [0.717, 1.165) is 0 Å². The van der Waals surface area contributed by atoms with Crippen LogP contribution in [0, 0.1) is 0 Å². The number of hydrogen-bond acceptors (Lipinski definition) is 4. The van der Waals surface area contributed by atoms with Gasteiger partial charge in [-0.25, -0.2) is 0 Å². The summed E-state index contributed by atoms with van der Waals surface area (Å²) in [5, 5.41) is 11.6. The molecule has 1 amide bonds. The van der Waals surface area contributed by atoms with Gasteiger partial charge in [0.15, 0.2) is 0 Å². The number of amides is 1. The quantitative estimate of drug-likeness (QED) is 0.364. The van der Waals surface area contributed by atoms with Crippen molar-refractivity contribution in [3.05, 3.63) is 99.8 Å². The van der Waals surface area contributed by atoms with Crippen LogP contribution in [-0.2, 0) is 9.59 Å². The maximum atomic E-state index is 13.0. The van der Waals surface area contributed by atoms with Gasteiger partial charge in [0.1, 0.15) is 5.76 Å². The molecule has 1 N–H and O–H groups in total. The van der Waals surface area contributed by atoms with Crippen molar-refractivity contribution in [1.29, 1.82) is 0 Å². The average Bonchev–Trinajstić information content (AvgIpc) is 2.99. The fraction of sp³-hybridized carbons (Fsp3) is 0.0455. The van der Waals surface area contributed by atoms with Crippen molar-refractivity contribution in [3.63, 3.8) is 0 Å². The molecule has 1 aliphatic rings. The lowest BCUT2D eigenvalue weighted by Crippen LogP contribution is -2.29. The molecule has 1 atom stereocenters. The van der Waals surface area contributed by atoms with Gasteiger partial charge in [0.2, 0.25) is 0 Å². The van der Waals surface area contributed by atoms with Crippen molar-refractivity contribution in [2.45, 2.75) is 6.04 Å². The van der Waals surface area contributed by atoms with E-state index in [2.05, 4.69) is 4.98 Å². The summed E-state index contributed by atoms with van der Waals surface area (Å²) in [7, 11) is 0.